The molecule has 0 atom stereocenters. The van der Waals surface area contributed by atoms with Crippen LogP contribution in [-0.4, -0.2) is 0 Å². The van der Waals surface area contributed by atoms with E-state index in [2.05, 4.69) is 46.8 Å². The van der Waals surface area contributed by atoms with Crippen LogP contribution in [0.5, 0.6) is 0 Å². The van der Waals surface area contributed by atoms with E-state index in [1.165, 1.54) is 11.1 Å². The Morgan fingerprint density at radius 3 is 1.90 bits per heavy atom. The minimum absolute atomic E-state index is 0.663. The van der Waals surface area contributed by atoms with Gasteiger partial charge in [0.1, 0.15) is 0 Å². The molecule has 0 aromatic rings. The highest BCUT2D eigenvalue weighted by molar-refractivity contribution is 5.19. The number of rotatable bonds is 2. The molecule has 0 aromatic heterocycles. The van der Waals surface area contributed by atoms with E-state index in [0.29, 0.717) is 5.92 Å². The van der Waals surface area contributed by atoms with Gasteiger partial charge in [0.25, 0.3) is 0 Å². The second-order valence-electron chi connectivity index (χ2n) is 3.38. The molecule has 0 aliphatic heterocycles. The van der Waals surface area contributed by atoms with Gasteiger partial charge < -0.3 is 0 Å². The SMILES string of the molecule is CC(C)=C/C(C)=C/C(C)C. The van der Waals surface area contributed by atoms with Crippen LogP contribution < -0.4 is 0 Å². The van der Waals surface area contributed by atoms with Gasteiger partial charge >= 0.3 is 0 Å². The van der Waals surface area contributed by atoms with Crippen LogP contribution in [0.15, 0.2) is 23.3 Å². The van der Waals surface area contributed by atoms with Crippen LogP contribution in [0.2, 0.25) is 0 Å². The summed E-state index contributed by atoms with van der Waals surface area (Å²) in [6, 6.07) is 0. The van der Waals surface area contributed by atoms with Crippen LogP contribution >= 0.6 is 0 Å². The van der Waals surface area contributed by atoms with Gasteiger partial charge in [0.05, 0.1) is 0 Å². The third-order valence-corrected chi connectivity index (χ3v) is 1.11. The topological polar surface area (TPSA) is 0 Å². The molecule has 0 rings (SSSR count). The highest BCUT2D eigenvalue weighted by atomic mass is 13.9. The number of hydrogen-bond acceptors (Lipinski definition) is 0. The molecule has 0 N–H and O–H groups in total. The maximum atomic E-state index is 2.27. The Hall–Kier alpha value is -0.520. The largest absolute Gasteiger partial charge is 0.0790 e. The van der Waals surface area contributed by atoms with E-state index in [4.69, 9.17) is 0 Å². The van der Waals surface area contributed by atoms with Gasteiger partial charge in [-0.25, -0.2) is 0 Å². The number of allylic oxidation sites excluding steroid dienone is 4. The van der Waals surface area contributed by atoms with Crippen molar-refractivity contribution in [2.24, 2.45) is 5.92 Å². The minimum Gasteiger partial charge on any atom is -0.0790 e. The minimum atomic E-state index is 0.663. The van der Waals surface area contributed by atoms with Gasteiger partial charge in [-0.3, -0.25) is 0 Å². The van der Waals surface area contributed by atoms with Crippen LogP contribution in [-0.2, 0) is 0 Å². The summed E-state index contributed by atoms with van der Waals surface area (Å²) in [5, 5.41) is 0. The van der Waals surface area contributed by atoms with E-state index in [9.17, 15) is 0 Å². The molecule has 0 radical (unpaired) electrons. The molecule has 0 nitrogen and oxygen atoms in total. The van der Waals surface area contributed by atoms with Crippen molar-refractivity contribution in [2.45, 2.75) is 34.6 Å². The summed E-state index contributed by atoms with van der Waals surface area (Å²) in [6.45, 7) is 10.8. The predicted octanol–water partition coefficient (Wildman–Crippen LogP) is 3.55. The zero-order valence-electron chi connectivity index (χ0n) is 7.73. The molecule has 0 aliphatic rings. The van der Waals surface area contributed by atoms with Crippen LogP contribution in [0.4, 0.5) is 0 Å². The lowest BCUT2D eigenvalue weighted by Crippen LogP contribution is -1.80. The van der Waals surface area contributed by atoms with E-state index in [0.717, 1.165) is 0 Å². The Morgan fingerprint density at radius 2 is 1.60 bits per heavy atom. The molecule has 0 saturated heterocycles. The third-order valence-electron chi connectivity index (χ3n) is 1.11. The lowest BCUT2D eigenvalue weighted by atomic mass is 10.1. The lowest BCUT2D eigenvalue weighted by molar-refractivity contribution is 0.825. The zero-order chi connectivity index (χ0) is 8.15. The molecule has 0 bridgehead atoms. The molecular weight excluding hydrogens is 120 g/mol. The first kappa shape index (κ1) is 9.48. The van der Waals surface area contributed by atoms with Crippen LogP contribution in [0.1, 0.15) is 34.6 Å². The Labute approximate surface area is 64.6 Å². The summed E-state index contributed by atoms with van der Waals surface area (Å²) in [4.78, 5) is 0. The molecule has 0 aromatic carbocycles. The van der Waals surface area contributed by atoms with Gasteiger partial charge in [0.2, 0.25) is 0 Å². The van der Waals surface area contributed by atoms with Crippen molar-refractivity contribution in [1.29, 1.82) is 0 Å². The molecule has 0 amide bonds. The van der Waals surface area contributed by atoms with Crippen LogP contribution in [0.3, 0.4) is 0 Å². The number of hydrogen-bond donors (Lipinski definition) is 0. The second-order valence-corrected chi connectivity index (χ2v) is 3.38. The van der Waals surface area contributed by atoms with Crippen molar-refractivity contribution in [1.82, 2.24) is 0 Å². The average molecular weight is 138 g/mol. The maximum absolute atomic E-state index is 2.27. The van der Waals surface area contributed by atoms with Crippen molar-refractivity contribution in [3.05, 3.63) is 23.3 Å². The second kappa shape index (κ2) is 4.32. The molecule has 58 valence electrons. The Kier molecular flexibility index (Phi) is 4.10. The fourth-order valence-corrected chi connectivity index (χ4v) is 1.03. The summed E-state index contributed by atoms with van der Waals surface area (Å²) in [5.74, 6) is 0.663. The van der Waals surface area contributed by atoms with Crippen molar-refractivity contribution < 1.29 is 0 Å². The molecule has 0 heteroatoms. The summed E-state index contributed by atoms with van der Waals surface area (Å²) < 4.78 is 0. The van der Waals surface area contributed by atoms with Crippen molar-refractivity contribution >= 4 is 0 Å². The van der Waals surface area contributed by atoms with Crippen molar-refractivity contribution in [3.8, 4) is 0 Å². The molecule has 0 saturated carbocycles. The highest BCUT2D eigenvalue weighted by Gasteiger charge is 1.87. The zero-order valence-corrected chi connectivity index (χ0v) is 7.73. The normalized spacial score (nSPS) is 12.0. The Balaban J connectivity index is 4.08. The van der Waals surface area contributed by atoms with Gasteiger partial charge in [-0.15, -0.1) is 0 Å². The molecule has 10 heavy (non-hydrogen) atoms. The van der Waals surface area contributed by atoms with E-state index in [1.54, 1.807) is 0 Å². The third kappa shape index (κ3) is 5.61. The van der Waals surface area contributed by atoms with Gasteiger partial charge in [0, 0.05) is 0 Å². The van der Waals surface area contributed by atoms with Gasteiger partial charge in [-0.1, -0.05) is 37.1 Å². The molecule has 0 unspecified atom stereocenters. The Morgan fingerprint density at radius 1 is 1.10 bits per heavy atom. The highest BCUT2D eigenvalue weighted by Crippen LogP contribution is 2.05. The first-order valence-electron chi connectivity index (χ1n) is 3.85. The molecule has 0 aliphatic carbocycles. The van der Waals surface area contributed by atoms with E-state index >= 15 is 0 Å². The summed E-state index contributed by atoms with van der Waals surface area (Å²) in [5.41, 5.74) is 2.74. The standard InChI is InChI=1S/C10H18/c1-8(2)6-10(5)7-9(3)4/h6-8H,1-5H3/b10-6+. The summed E-state index contributed by atoms with van der Waals surface area (Å²) in [7, 11) is 0. The van der Waals surface area contributed by atoms with E-state index in [1.807, 2.05) is 0 Å². The summed E-state index contributed by atoms with van der Waals surface area (Å²) in [6.07, 6.45) is 4.48. The quantitative estimate of drug-likeness (QED) is 0.512. The average Bonchev–Trinajstić information content (AvgIpc) is 1.58. The van der Waals surface area contributed by atoms with Crippen LogP contribution in [0.25, 0.3) is 0 Å². The molecule has 0 spiro atoms. The molecular formula is C10H18. The Bertz CT molecular complexity index is 143. The first-order valence-corrected chi connectivity index (χ1v) is 3.85. The fourth-order valence-electron chi connectivity index (χ4n) is 1.03. The van der Waals surface area contributed by atoms with Gasteiger partial charge in [-0.2, -0.15) is 0 Å². The molecule has 0 fully saturated rings. The maximum Gasteiger partial charge on any atom is -0.0285 e. The monoisotopic (exact) mass is 138 g/mol. The predicted molar refractivity (Wildman–Crippen MR) is 48.0 cm³/mol. The first-order chi connectivity index (χ1) is 4.52. The van der Waals surface area contributed by atoms with Gasteiger partial charge in [0.15, 0.2) is 0 Å². The van der Waals surface area contributed by atoms with E-state index < -0.39 is 0 Å². The fraction of sp³-hybridized carbons (Fsp3) is 0.600. The smallest absolute Gasteiger partial charge is 0.0285 e. The van der Waals surface area contributed by atoms with Crippen molar-refractivity contribution in [3.63, 3.8) is 0 Å². The summed E-state index contributed by atoms with van der Waals surface area (Å²) >= 11 is 0. The van der Waals surface area contributed by atoms with Crippen LogP contribution in [0, 0.1) is 5.92 Å². The lowest BCUT2D eigenvalue weighted by Gasteiger charge is -1.97. The van der Waals surface area contributed by atoms with Crippen molar-refractivity contribution in [2.75, 3.05) is 0 Å². The van der Waals surface area contributed by atoms with Gasteiger partial charge in [-0.05, 0) is 26.7 Å². The molecule has 0 heterocycles. The van der Waals surface area contributed by atoms with E-state index in [-0.39, 0.29) is 0 Å².